The second-order valence-corrected chi connectivity index (χ2v) is 6.38. The molecule has 1 aliphatic carbocycles. The van der Waals surface area contributed by atoms with Crippen LogP contribution < -0.4 is 5.32 Å². The molecule has 1 amide bonds. The van der Waals surface area contributed by atoms with E-state index in [1.807, 2.05) is 0 Å². The molecule has 0 spiro atoms. The van der Waals surface area contributed by atoms with Crippen LogP contribution in [0, 0.1) is 11.8 Å². The summed E-state index contributed by atoms with van der Waals surface area (Å²) in [4.78, 5) is 36.3. The van der Waals surface area contributed by atoms with E-state index in [1.165, 1.54) is 13.8 Å². The first-order chi connectivity index (χ1) is 10.7. The Kier molecular flexibility index (Phi) is 4.48. The SMILES string of the molecule is C/C=C(\C)C(=O)O[C@H]1[C@H]2NC(=O)/C(=C/C)[C@@H]2[C@H](C(C)=O)[C@@]1(C)O. The molecule has 0 aromatic carbocycles. The zero-order chi connectivity index (χ0) is 17.5. The Morgan fingerprint density at radius 3 is 2.39 bits per heavy atom. The molecule has 126 valence electrons. The highest BCUT2D eigenvalue weighted by Crippen LogP contribution is 2.48. The first-order valence-electron chi connectivity index (χ1n) is 7.70. The molecule has 0 unspecified atom stereocenters. The molecule has 2 rings (SSSR count). The number of hydrogen-bond acceptors (Lipinski definition) is 5. The highest BCUT2D eigenvalue weighted by molar-refractivity contribution is 5.99. The second-order valence-electron chi connectivity index (χ2n) is 6.38. The van der Waals surface area contributed by atoms with Crippen LogP contribution in [-0.2, 0) is 19.1 Å². The molecule has 5 atom stereocenters. The van der Waals surface area contributed by atoms with Crippen LogP contribution >= 0.6 is 0 Å². The van der Waals surface area contributed by atoms with Crippen molar-refractivity contribution in [1.29, 1.82) is 0 Å². The van der Waals surface area contributed by atoms with E-state index in [0.29, 0.717) is 11.1 Å². The first-order valence-corrected chi connectivity index (χ1v) is 7.70. The molecule has 2 N–H and O–H groups in total. The normalized spacial score (nSPS) is 38.4. The van der Waals surface area contributed by atoms with Gasteiger partial charge in [0, 0.05) is 17.1 Å². The first kappa shape index (κ1) is 17.4. The van der Waals surface area contributed by atoms with E-state index in [9.17, 15) is 19.5 Å². The van der Waals surface area contributed by atoms with Gasteiger partial charge in [-0.05, 0) is 34.6 Å². The lowest BCUT2D eigenvalue weighted by molar-refractivity contribution is -0.162. The summed E-state index contributed by atoms with van der Waals surface area (Å²) >= 11 is 0. The summed E-state index contributed by atoms with van der Waals surface area (Å²) in [5.74, 6) is -2.39. The zero-order valence-corrected chi connectivity index (χ0v) is 14.0. The Morgan fingerprint density at radius 2 is 1.91 bits per heavy atom. The van der Waals surface area contributed by atoms with Crippen molar-refractivity contribution in [2.75, 3.05) is 0 Å². The molecule has 0 aromatic heterocycles. The van der Waals surface area contributed by atoms with Crippen molar-refractivity contribution in [3.8, 4) is 0 Å². The molecule has 1 saturated carbocycles. The predicted octanol–water partition coefficient (Wildman–Crippen LogP) is 0.895. The molecule has 23 heavy (non-hydrogen) atoms. The standard InChI is InChI=1S/C17H23NO5/c1-6-8(3)16(21)23-14-13-11(10(7-2)15(20)18-13)12(9(4)19)17(14,5)22/h6-7,11-14,22H,1-5H3,(H,18,20)/b8-6+,10-7+/t11-,12+,13+,14+,17-/m1/s1. The topological polar surface area (TPSA) is 92.7 Å². The number of Topliss-reactive ketones (excluding diaryl/α,β-unsaturated/α-hetero) is 1. The summed E-state index contributed by atoms with van der Waals surface area (Å²) in [5.41, 5.74) is -0.691. The number of aliphatic hydroxyl groups is 1. The van der Waals surface area contributed by atoms with Crippen LogP contribution in [0.1, 0.15) is 34.6 Å². The van der Waals surface area contributed by atoms with Gasteiger partial charge in [0.25, 0.3) is 0 Å². The summed E-state index contributed by atoms with van der Waals surface area (Å²) in [5, 5.41) is 13.7. The molecule has 0 aromatic rings. The maximum atomic E-state index is 12.1. The van der Waals surface area contributed by atoms with Crippen LogP contribution in [-0.4, -0.2) is 40.5 Å². The molecule has 0 bridgehead atoms. The number of hydrogen-bond donors (Lipinski definition) is 2. The lowest BCUT2D eigenvalue weighted by Crippen LogP contribution is -2.51. The number of ketones is 1. The molecule has 2 fully saturated rings. The van der Waals surface area contributed by atoms with E-state index in [-0.39, 0.29) is 11.7 Å². The van der Waals surface area contributed by atoms with Crippen LogP contribution in [0.25, 0.3) is 0 Å². The highest BCUT2D eigenvalue weighted by Gasteiger charge is 2.65. The number of nitrogens with one attached hydrogen (secondary N) is 1. The number of ether oxygens (including phenoxy) is 1. The number of allylic oxidation sites excluding steroid dienone is 2. The predicted molar refractivity (Wildman–Crippen MR) is 83.3 cm³/mol. The van der Waals surface area contributed by atoms with Gasteiger partial charge in [-0.3, -0.25) is 9.59 Å². The fraction of sp³-hybridized carbons (Fsp3) is 0.588. The van der Waals surface area contributed by atoms with Gasteiger partial charge in [0.05, 0.1) is 12.0 Å². The Bertz CT molecular complexity index is 616. The monoisotopic (exact) mass is 321 g/mol. The van der Waals surface area contributed by atoms with Crippen LogP contribution in [0.15, 0.2) is 23.3 Å². The Hall–Kier alpha value is -1.95. The Balaban J connectivity index is 2.45. The molecule has 1 saturated heterocycles. The summed E-state index contributed by atoms with van der Waals surface area (Å²) in [6.07, 6.45) is 2.27. The third-order valence-electron chi connectivity index (χ3n) is 4.93. The molecule has 6 heteroatoms. The average Bonchev–Trinajstić information content (AvgIpc) is 2.88. The van der Waals surface area contributed by atoms with E-state index < -0.39 is 35.6 Å². The second kappa shape index (κ2) is 5.92. The number of carbonyl (C=O) groups excluding carboxylic acids is 3. The molecular weight excluding hydrogens is 298 g/mol. The quantitative estimate of drug-likeness (QED) is 0.595. The van der Waals surface area contributed by atoms with E-state index in [2.05, 4.69) is 5.32 Å². The lowest BCUT2D eigenvalue weighted by atomic mass is 9.80. The summed E-state index contributed by atoms with van der Waals surface area (Å²) < 4.78 is 5.46. The molecular formula is C17H23NO5. The molecule has 1 aliphatic heterocycles. The summed E-state index contributed by atoms with van der Waals surface area (Å²) in [6.45, 7) is 7.90. The average molecular weight is 321 g/mol. The van der Waals surface area contributed by atoms with Crippen LogP contribution in [0.5, 0.6) is 0 Å². The van der Waals surface area contributed by atoms with Crippen molar-refractivity contribution in [3.05, 3.63) is 23.3 Å². The van der Waals surface area contributed by atoms with Gasteiger partial charge in [0.1, 0.15) is 11.4 Å². The number of rotatable bonds is 3. The summed E-state index contributed by atoms with van der Waals surface area (Å²) in [7, 11) is 0. The van der Waals surface area contributed by atoms with Gasteiger partial charge in [0.2, 0.25) is 5.91 Å². The summed E-state index contributed by atoms with van der Waals surface area (Å²) in [6, 6.07) is -0.605. The largest absolute Gasteiger partial charge is 0.454 e. The van der Waals surface area contributed by atoms with E-state index in [1.54, 1.807) is 32.9 Å². The van der Waals surface area contributed by atoms with Crippen molar-refractivity contribution in [3.63, 3.8) is 0 Å². The third kappa shape index (κ3) is 2.61. The Labute approximate surface area is 135 Å². The van der Waals surface area contributed by atoms with E-state index in [0.717, 1.165) is 0 Å². The number of amides is 1. The fourth-order valence-electron chi connectivity index (χ4n) is 3.73. The Morgan fingerprint density at radius 1 is 1.30 bits per heavy atom. The minimum atomic E-state index is -1.55. The van der Waals surface area contributed by atoms with Crippen molar-refractivity contribution in [2.45, 2.75) is 52.4 Å². The zero-order valence-electron chi connectivity index (χ0n) is 14.0. The van der Waals surface area contributed by atoms with E-state index >= 15 is 0 Å². The van der Waals surface area contributed by atoms with Crippen LogP contribution in [0.2, 0.25) is 0 Å². The van der Waals surface area contributed by atoms with Crippen molar-refractivity contribution in [1.82, 2.24) is 5.32 Å². The maximum Gasteiger partial charge on any atom is 0.333 e. The van der Waals surface area contributed by atoms with Gasteiger partial charge in [-0.1, -0.05) is 12.2 Å². The van der Waals surface area contributed by atoms with Gasteiger partial charge in [-0.15, -0.1) is 0 Å². The van der Waals surface area contributed by atoms with Gasteiger partial charge in [0.15, 0.2) is 6.10 Å². The molecule has 0 radical (unpaired) electrons. The fourth-order valence-corrected chi connectivity index (χ4v) is 3.73. The number of fused-ring (bicyclic) bond motifs is 1. The van der Waals surface area contributed by atoms with Gasteiger partial charge in [-0.2, -0.15) is 0 Å². The smallest absolute Gasteiger partial charge is 0.333 e. The van der Waals surface area contributed by atoms with Gasteiger partial charge < -0.3 is 15.2 Å². The minimum Gasteiger partial charge on any atom is -0.454 e. The molecule has 1 heterocycles. The minimum absolute atomic E-state index is 0.234. The van der Waals surface area contributed by atoms with Crippen LogP contribution in [0.4, 0.5) is 0 Å². The third-order valence-corrected chi connectivity index (χ3v) is 4.93. The molecule has 2 aliphatic rings. The lowest BCUT2D eigenvalue weighted by Gasteiger charge is -2.32. The number of carbonyl (C=O) groups is 3. The molecule has 6 nitrogen and oxygen atoms in total. The van der Waals surface area contributed by atoms with Crippen LogP contribution in [0.3, 0.4) is 0 Å². The number of esters is 1. The van der Waals surface area contributed by atoms with Gasteiger partial charge in [-0.25, -0.2) is 4.79 Å². The van der Waals surface area contributed by atoms with Crippen molar-refractivity contribution in [2.24, 2.45) is 11.8 Å². The van der Waals surface area contributed by atoms with Gasteiger partial charge >= 0.3 is 5.97 Å². The maximum absolute atomic E-state index is 12.1. The van der Waals surface area contributed by atoms with Crippen molar-refractivity contribution >= 4 is 17.7 Å². The van der Waals surface area contributed by atoms with E-state index in [4.69, 9.17) is 4.74 Å². The highest BCUT2D eigenvalue weighted by atomic mass is 16.6. The van der Waals surface area contributed by atoms with Crippen molar-refractivity contribution < 1.29 is 24.2 Å².